The van der Waals surface area contributed by atoms with Crippen LogP contribution >= 0.6 is 0 Å². The van der Waals surface area contributed by atoms with Crippen LogP contribution < -0.4 is 5.32 Å². The normalized spacial score (nSPS) is 13.8. The summed E-state index contributed by atoms with van der Waals surface area (Å²) in [5, 5.41) is 11.5. The molecule has 0 aliphatic heterocycles. The lowest BCUT2D eigenvalue weighted by molar-refractivity contribution is -0.142. The van der Waals surface area contributed by atoms with E-state index in [1.54, 1.807) is 0 Å². The predicted molar refractivity (Wildman–Crippen MR) is 77.3 cm³/mol. The maximum atomic E-state index is 12.4. The molecule has 1 rings (SSSR count). The fraction of sp³-hybridized carbons (Fsp3) is 0.467. The number of hydrogen-bond donors (Lipinski definition) is 2. The first-order valence-electron chi connectivity index (χ1n) is 6.83. The molecule has 1 aromatic rings. The summed E-state index contributed by atoms with van der Waals surface area (Å²) in [5.74, 6) is -1.32. The van der Waals surface area contributed by atoms with Crippen molar-refractivity contribution >= 4 is 11.9 Å². The van der Waals surface area contributed by atoms with Gasteiger partial charge in [-0.3, -0.25) is 14.5 Å². The molecule has 20 heavy (non-hydrogen) atoms. The third-order valence-electron chi connectivity index (χ3n) is 3.27. The molecule has 0 aliphatic carbocycles. The zero-order chi connectivity index (χ0) is 15.1. The molecule has 1 amide bonds. The Kier molecular flexibility index (Phi) is 6.18. The van der Waals surface area contributed by atoms with Gasteiger partial charge in [0.25, 0.3) is 0 Å². The second-order valence-electron chi connectivity index (χ2n) is 4.60. The van der Waals surface area contributed by atoms with Gasteiger partial charge in [-0.15, -0.1) is 0 Å². The van der Waals surface area contributed by atoms with Gasteiger partial charge in [0, 0.05) is 0 Å². The number of likely N-dealkylation sites (N-methyl/N-ethyl adjacent to an activating group) is 1. The monoisotopic (exact) mass is 278 g/mol. The van der Waals surface area contributed by atoms with E-state index >= 15 is 0 Å². The summed E-state index contributed by atoms with van der Waals surface area (Å²) in [4.78, 5) is 25.3. The van der Waals surface area contributed by atoms with Crippen LogP contribution in [0.1, 0.15) is 32.4 Å². The number of nitrogens with zero attached hydrogens (tertiary/aromatic N) is 1. The van der Waals surface area contributed by atoms with Gasteiger partial charge in [0.15, 0.2) is 0 Å². The fourth-order valence-electron chi connectivity index (χ4n) is 2.11. The average molecular weight is 278 g/mol. The molecule has 0 radical (unpaired) electrons. The number of amides is 1. The maximum absolute atomic E-state index is 12.4. The van der Waals surface area contributed by atoms with Crippen LogP contribution in [0.15, 0.2) is 30.3 Å². The first-order valence-corrected chi connectivity index (χ1v) is 6.83. The summed E-state index contributed by atoms with van der Waals surface area (Å²) in [6.45, 7) is 6.85. The number of carbonyl (C=O) groups excluding carboxylic acids is 1. The van der Waals surface area contributed by atoms with Gasteiger partial charge in [0.05, 0.1) is 0 Å². The van der Waals surface area contributed by atoms with Crippen molar-refractivity contribution in [1.82, 2.24) is 10.2 Å². The van der Waals surface area contributed by atoms with Crippen LogP contribution in [0.2, 0.25) is 0 Å². The van der Waals surface area contributed by atoms with Crippen molar-refractivity contribution in [3.8, 4) is 0 Å². The molecule has 2 atom stereocenters. The Bertz CT molecular complexity index is 444. The highest BCUT2D eigenvalue weighted by Crippen LogP contribution is 2.20. The highest BCUT2D eigenvalue weighted by atomic mass is 16.4. The van der Waals surface area contributed by atoms with Crippen LogP contribution in [0.5, 0.6) is 0 Å². The molecule has 2 N–H and O–H groups in total. The molecular formula is C15H22N2O3. The summed E-state index contributed by atoms with van der Waals surface area (Å²) in [7, 11) is 0. The Morgan fingerprint density at radius 2 is 1.75 bits per heavy atom. The molecule has 1 aromatic carbocycles. The summed E-state index contributed by atoms with van der Waals surface area (Å²) < 4.78 is 0. The lowest BCUT2D eigenvalue weighted by Crippen LogP contribution is -2.46. The van der Waals surface area contributed by atoms with Crippen LogP contribution in [-0.4, -0.2) is 41.0 Å². The number of carboxylic acids is 1. The van der Waals surface area contributed by atoms with Crippen molar-refractivity contribution in [3.05, 3.63) is 35.9 Å². The SMILES string of the molecule is CCN(CC)C(C(=O)N[C@H](C)C(=O)O)c1ccccc1. The van der Waals surface area contributed by atoms with E-state index in [0.717, 1.165) is 5.56 Å². The van der Waals surface area contributed by atoms with E-state index in [1.165, 1.54) is 6.92 Å². The minimum absolute atomic E-state index is 0.283. The van der Waals surface area contributed by atoms with E-state index in [2.05, 4.69) is 5.32 Å². The van der Waals surface area contributed by atoms with Crippen molar-refractivity contribution in [2.24, 2.45) is 0 Å². The molecule has 1 unspecified atom stereocenters. The molecule has 0 saturated heterocycles. The van der Waals surface area contributed by atoms with Crippen LogP contribution in [0.4, 0.5) is 0 Å². The Morgan fingerprint density at radius 1 is 1.20 bits per heavy atom. The average Bonchev–Trinajstić information content (AvgIpc) is 2.45. The van der Waals surface area contributed by atoms with Gasteiger partial charge in [0.1, 0.15) is 12.1 Å². The minimum Gasteiger partial charge on any atom is -0.480 e. The summed E-state index contributed by atoms with van der Waals surface area (Å²) in [6.07, 6.45) is 0. The van der Waals surface area contributed by atoms with Crippen LogP contribution in [-0.2, 0) is 9.59 Å². The van der Waals surface area contributed by atoms with Gasteiger partial charge < -0.3 is 10.4 Å². The summed E-state index contributed by atoms with van der Waals surface area (Å²) >= 11 is 0. The van der Waals surface area contributed by atoms with Gasteiger partial charge in [-0.25, -0.2) is 0 Å². The summed E-state index contributed by atoms with van der Waals surface area (Å²) in [5.41, 5.74) is 0.867. The van der Waals surface area contributed by atoms with E-state index in [0.29, 0.717) is 13.1 Å². The largest absolute Gasteiger partial charge is 0.480 e. The van der Waals surface area contributed by atoms with Gasteiger partial charge >= 0.3 is 5.97 Å². The second kappa shape index (κ2) is 7.65. The maximum Gasteiger partial charge on any atom is 0.325 e. The molecule has 110 valence electrons. The first-order chi connectivity index (χ1) is 9.51. The van der Waals surface area contributed by atoms with Gasteiger partial charge in [-0.05, 0) is 25.6 Å². The first kappa shape index (κ1) is 16.2. The van der Waals surface area contributed by atoms with E-state index < -0.39 is 18.1 Å². The lowest BCUT2D eigenvalue weighted by atomic mass is 10.0. The van der Waals surface area contributed by atoms with Gasteiger partial charge in [-0.2, -0.15) is 0 Å². The van der Waals surface area contributed by atoms with E-state index in [9.17, 15) is 9.59 Å². The molecule has 5 nitrogen and oxygen atoms in total. The number of nitrogens with one attached hydrogen (secondary N) is 1. The van der Waals surface area contributed by atoms with E-state index in [-0.39, 0.29) is 5.91 Å². The van der Waals surface area contributed by atoms with Crippen LogP contribution in [0.25, 0.3) is 0 Å². The van der Waals surface area contributed by atoms with Crippen molar-refractivity contribution in [1.29, 1.82) is 0 Å². The smallest absolute Gasteiger partial charge is 0.325 e. The topological polar surface area (TPSA) is 69.6 Å². The van der Waals surface area contributed by atoms with Crippen molar-refractivity contribution in [2.45, 2.75) is 32.9 Å². The molecule has 0 heterocycles. The minimum atomic E-state index is -1.04. The Hall–Kier alpha value is -1.88. The zero-order valence-electron chi connectivity index (χ0n) is 12.2. The number of benzene rings is 1. The molecule has 0 saturated carbocycles. The molecule has 0 fully saturated rings. The quantitative estimate of drug-likeness (QED) is 0.796. The standard InChI is InChI=1S/C15H22N2O3/c1-4-17(5-2)13(12-9-7-6-8-10-12)14(18)16-11(3)15(19)20/h6-11,13H,4-5H2,1-3H3,(H,16,18)(H,19,20)/t11-,13?/m1/s1. The Balaban J connectivity index is 2.99. The van der Waals surface area contributed by atoms with Crippen LogP contribution in [0.3, 0.4) is 0 Å². The highest BCUT2D eigenvalue weighted by molar-refractivity contribution is 5.87. The van der Waals surface area contributed by atoms with Gasteiger partial charge in [0.2, 0.25) is 5.91 Å². The second-order valence-corrected chi connectivity index (χ2v) is 4.60. The lowest BCUT2D eigenvalue weighted by Gasteiger charge is -2.29. The third-order valence-corrected chi connectivity index (χ3v) is 3.27. The van der Waals surface area contributed by atoms with Crippen molar-refractivity contribution < 1.29 is 14.7 Å². The van der Waals surface area contributed by atoms with Crippen LogP contribution in [0, 0.1) is 0 Å². The number of hydrogen-bond acceptors (Lipinski definition) is 3. The number of carboxylic acid groups (broad SMARTS) is 1. The molecule has 0 aromatic heterocycles. The molecule has 0 spiro atoms. The number of rotatable bonds is 7. The summed E-state index contributed by atoms with van der Waals surface area (Å²) in [6, 6.07) is 8.04. The Labute approximate surface area is 119 Å². The third kappa shape index (κ3) is 4.06. The molecule has 0 aliphatic rings. The fourth-order valence-corrected chi connectivity index (χ4v) is 2.11. The molecule has 5 heteroatoms. The number of aliphatic carboxylic acids is 1. The molecule has 0 bridgehead atoms. The van der Waals surface area contributed by atoms with E-state index in [4.69, 9.17) is 5.11 Å². The van der Waals surface area contributed by atoms with Gasteiger partial charge in [-0.1, -0.05) is 44.2 Å². The van der Waals surface area contributed by atoms with E-state index in [1.807, 2.05) is 49.1 Å². The highest BCUT2D eigenvalue weighted by Gasteiger charge is 2.27. The van der Waals surface area contributed by atoms with Crippen molar-refractivity contribution in [3.63, 3.8) is 0 Å². The zero-order valence-corrected chi connectivity index (χ0v) is 12.2. The van der Waals surface area contributed by atoms with Crippen molar-refractivity contribution in [2.75, 3.05) is 13.1 Å². The molecular weight excluding hydrogens is 256 g/mol. The predicted octanol–water partition coefficient (Wildman–Crippen LogP) is 1.66. The number of carbonyl (C=O) groups is 2. The Morgan fingerprint density at radius 3 is 2.20 bits per heavy atom.